The molecule has 4 heteroatoms. The molecule has 1 unspecified atom stereocenters. The summed E-state index contributed by atoms with van der Waals surface area (Å²) in [5.74, 6) is -0.818. The number of carbonyl (C=O) groups excluding carboxylic acids is 2. The third kappa shape index (κ3) is 2.90. The van der Waals surface area contributed by atoms with E-state index in [4.69, 9.17) is 0 Å². The summed E-state index contributed by atoms with van der Waals surface area (Å²) >= 11 is 0. The first kappa shape index (κ1) is 12.4. The molecule has 0 radical (unpaired) electrons. The van der Waals surface area contributed by atoms with Crippen molar-refractivity contribution in [1.29, 1.82) is 0 Å². The molecule has 1 aromatic carbocycles. The summed E-state index contributed by atoms with van der Waals surface area (Å²) in [6.07, 6.45) is -1.33. The van der Waals surface area contributed by atoms with Crippen LogP contribution in [0.2, 0.25) is 0 Å². The van der Waals surface area contributed by atoms with Crippen LogP contribution in [0.25, 0.3) is 0 Å². The van der Waals surface area contributed by atoms with Gasteiger partial charge in [-0.2, -0.15) is 0 Å². The van der Waals surface area contributed by atoms with Crippen LogP contribution in [0.1, 0.15) is 35.9 Å². The van der Waals surface area contributed by atoms with E-state index < -0.39 is 12.1 Å². The highest BCUT2D eigenvalue weighted by atomic mass is 16.5. The fourth-order valence-electron chi connectivity index (χ4n) is 1.29. The Kier molecular flexibility index (Phi) is 4.19. The summed E-state index contributed by atoms with van der Waals surface area (Å²) in [5, 5.41) is 9.64. The van der Waals surface area contributed by atoms with E-state index in [0.717, 1.165) is 0 Å². The molecule has 0 amide bonds. The molecule has 0 spiro atoms. The van der Waals surface area contributed by atoms with Crippen LogP contribution in [0.15, 0.2) is 24.3 Å². The Morgan fingerprint density at radius 3 is 2.69 bits per heavy atom. The second-order valence-electron chi connectivity index (χ2n) is 3.34. The molecule has 1 rings (SSSR count). The Labute approximate surface area is 93.9 Å². The second-order valence-corrected chi connectivity index (χ2v) is 3.34. The van der Waals surface area contributed by atoms with Crippen molar-refractivity contribution < 1.29 is 19.4 Å². The summed E-state index contributed by atoms with van der Waals surface area (Å²) in [7, 11) is 0. The molecule has 86 valence electrons. The highest BCUT2D eigenvalue weighted by Gasteiger charge is 2.18. The van der Waals surface area contributed by atoms with Crippen LogP contribution in [0.5, 0.6) is 0 Å². The largest absolute Gasteiger partial charge is 0.464 e. The molecule has 16 heavy (non-hydrogen) atoms. The number of carbonyl (C=O) groups is 2. The van der Waals surface area contributed by atoms with E-state index in [0.29, 0.717) is 11.1 Å². The maximum atomic E-state index is 11.3. The van der Waals surface area contributed by atoms with Gasteiger partial charge in [0.2, 0.25) is 0 Å². The van der Waals surface area contributed by atoms with Crippen LogP contribution in [-0.4, -0.2) is 23.5 Å². The molecule has 0 bridgehead atoms. The summed E-state index contributed by atoms with van der Waals surface area (Å²) in [6.45, 7) is 3.30. The predicted molar refractivity (Wildman–Crippen MR) is 58.0 cm³/mol. The van der Waals surface area contributed by atoms with Gasteiger partial charge in [-0.15, -0.1) is 0 Å². The van der Waals surface area contributed by atoms with Gasteiger partial charge in [-0.1, -0.05) is 18.2 Å². The van der Waals surface area contributed by atoms with Crippen LogP contribution in [0.3, 0.4) is 0 Å². The van der Waals surface area contributed by atoms with Crippen LogP contribution in [-0.2, 0) is 9.53 Å². The molecule has 0 aliphatic heterocycles. The number of esters is 1. The van der Waals surface area contributed by atoms with Gasteiger partial charge in [0.15, 0.2) is 11.9 Å². The quantitative estimate of drug-likeness (QED) is 0.619. The lowest BCUT2D eigenvalue weighted by Gasteiger charge is -2.10. The molecule has 0 aliphatic carbocycles. The first-order valence-corrected chi connectivity index (χ1v) is 5.02. The number of Topliss-reactive ketones (excluding diaryl/α,β-unsaturated/α-hetero) is 1. The molecule has 0 aliphatic rings. The van der Waals surface area contributed by atoms with Crippen LogP contribution in [0.4, 0.5) is 0 Å². The van der Waals surface area contributed by atoms with Crippen molar-refractivity contribution in [2.45, 2.75) is 20.0 Å². The lowest BCUT2D eigenvalue weighted by Crippen LogP contribution is -2.15. The molecule has 1 N–H and O–H groups in total. The third-order valence-corrected chi connectivity index (χ3v) is 2.12. The first-order valence-electron chi connectivity index (χ1n) is 5.02. The first-order chi connectivity index (χ1) is 7.56. The number of aliphatic hydroxyl groups excluding tert-OH is 1. The molecular formula is C12H14O4. The zero-order chi connectivity index (χ0) is 12.1. The predicted octanol–water partition coefficient (Wildman–Crippen LogP) is 1.49. The number of aliphatic hydroxyl groups is 1. The summed E-state index contributed by atoms with van der Waals surface area (Å²) < 4.78 is 4.68. The van der Waals surface area contributed by atoms with Crippen LogP contribution >= 0.6 is 0 Å². The topological polar surface area (TPSA) is 63.6 Å². The van der Waals surface area contributed by atoms with Crippen molar-refractivity contribution in [3.05, 3.63) is 35.4 Å². The summed E-state index contributed by atoms with van der Waals surface area (Å²) in [6, 6.07) is 6.32. The highest BCUT2D eigenvalue weighted by molar-refractivity contribution is 5.94. The SMILES string of the molecule is CCOC(=O)C(O)c1cccc(C(C)=O)c1. The minimum Gasteiger partial charge on any atom is -0.464 e. The maximum absolute atomic E-state index is 11.3. The Hall–Kier alpha value is -1.68. The Morgan fingerprint density at radius 1 is 1.44 bits per heavy atom. The average molecular weight is 222 g/mol. The molecule has 0 saturated heterocycles. The van der Waals surface area contributed by atoms with Gasteiger partial charge in [-0.05, 0) is 25.5 Å². The fourth-order valence-corrected chi connectivity index (χ4v) is 1.29. The van der Waals surface area contributed by atoms with Crippen molar-refractivity contribution >= 4 is 11.8 Å². The number of ether oxygens (including phenoxy) is 1. The number of ketones is 1. The average Bonchev–Trinajstić information content (AvgIpc) is 2.28. The van der Waals surface area contributed by atoms with E-state index in [-0.39, 0.29) is 12.4 Å². The smallest absolute Gasteiger partial charge is 0.339 e. The van der Waals surface area contributed by atoms with Gasteiger partial charge in [-0.3, -0.25) is 4.79 Å². The standard InChI is InChI=1S/C12H14O4/c1-3-16-12(15)11(14)10-6-4-5-9(7-10)8(2)13/h4-7,11,14H,3H2,1-2H3. The van der Waals surface area contributed by atoms with Gasteiger partial charge >= 0.3 is 5.97 Å². The summed E-state index contributed by atoms with van der Waals surface area (Å²) in [4.78, 5) is 22.4. The molecule has 4 nitrogen and oxygen atoms in total. The zero-order valence-electron chi connectivity index (χ0n) is 9.27. The molecule has 0 saturated carbocycles. The normalized spacial score (nSPS) is 11.9. The summed E-state index contributed by atoms with van der Waals surface area (Å²) in [5.41, 5.74) is 0.826. The number of hydrogen-bond donors (Lipinski definition) is 1. The second kappa shape index (κ2) is 5.42. The van der Waals surface area contributed by atoms with Gasteiger partial charge in [0.25, 0.3) is 0 Å². The monoisotopic (exact) mass is 222 g/mol. The van der Waals surface area contributed by atoms with Gasteiger partial charge in [0.05, 0.1) is 6.61 Å². The van der Waals surface area contributed by atoms with Crippen molar-refractivity contribution in [1.82, 2.24) is 0 Å². The van der Waals surface area contributed by atoms with Gasteiger partial charge in [0, 0.05) is 5.56 Å². The number of rotatable bonds is 4. The zero-order valence-corrected chi connectivity index (χ0v) is 9.27. The Balaban J connectivity index is 2.91. The minimum absolute atomic E-state index is 0.113. The molecule has 0 heterocycles. The maximum Gasteiger partial charge on any atom is 0.339 e. The van der Waals surface area contributed by atoms with Crippen molar-refractivity contribution in [3.8, 4) is 0 Å². The fraction of sp³-hybridized carbons (Fsp3) is 0.333. The minimum atomic E-state index is -1.33. The highest BCUT2D eigenvalue weighted by Crippen LogP contribution is 2.16. The van der Waals surface area contributed by atoms with Crippen molar-refractivity contribution in [2.24, 2.45) is 0 Å². The van der Waals surface area contributed by atoms with Gasteiger partial charge in [0.1, 0.15) is 0 Å². The molecule has 0 aromatic heterocycles. The van der Waals surface area contributed by atoms with E-state index >= 15 is 0 Å². The number of hydrogen-bond acceptors (Lipinski definition) is 4. The Bertz CT molecular complexity index is 398. The van der Waals surface area contributed by atoms with Crippen molar-refractivity contribution in [3.63, 3.8) is 0 Å². The molecule has 0 fully saturated rings. The molecule has 1 aromatic rings. The van der Waals surface area contributed by atoms with E-state index in [1.807, 2.05) is 0 Å². The Morgan fingerprint density at radius 2 is 2.12 bits per heavy atom. The van der Waals surface area contributed by atoms with E-state index in [9.17, 15) is 14.7 Å². The van der Waals surface area contributed by atoms with Crippen LogP contribution < -0.4 is 0 Å². The van der Waals surface area contributed by atoms with E-state index in [1.54, 1.807) is 25.1 Å². The molecule has 1 atom stereocenters. The van der Waals surface area contributed by atoms with E-state index in [1.165, 1.54) is 13.0 Å². The van der Waals surface area contributed by atoms with Gasteiger partial charge < -0.3 is 9.84 Å². The molecular weight excluding hydrogens is 208 g/mol. The van der Waals surface area contributed by atoms with Crippen LogP contribution in [0, 0.1) is 0 Å². The lowest BCUT2D eigenvalue weighted by molar-refractivity contribution is -0.153. The lowest BCUT2D eigenvalue weighted by atomic mass is 10.0. The number of benzene rings is 1. The van der Waals surface area contributed by atoms with Crippen molar-refractivity contribution in [2.75, 3.05) is 6.61 Å². The third-order valence-electron chi connectivity index (χ3n) is 2.12. The van der Waals surface area contributed by atoms with Gasteiger partial charge in [-0.25, -0.2) is 4.79 Å². The van der Waals surface area contributed by atoms with E-state index in [2.05, 4.69) is 4.74 Å².